The number of hydrogen-bond donors (Lipinski definition) is 1. The van der Waals surface area contributed by atoms with Crippen molar-refractivity contribution < 1.29 is 4.74 Å². The Bertz CT molecular complexity index is 762. The summed E-state index contributed by atoms with van der Waals surface area (Å²) < 4.78 is 7.62. The number of anilines is 1. The number of aromatic nitrogens is 2. The fourth-order valence-corrected chi connectivity index (χ4v) is 2.48. The number of methoxy groups -OCH3 is 1. The highest BCUT2D eigenvalue weighted by molar-refractivity contribution is 5.89. The second-order valence-electron chi connectivity index (χ2n) is 4.67. The molecule has 2 aromatic heterocycles. The van der Waals surface area contributed by atoms with Crippen molar-refractivity contribution in [2.24, 2.45) is 7.05 Å². The van der Waals surface area contributed by atoms with E-state index in [4.69, 9.17) is 4.74 Å². The molecule has 0 aliphatic heterocycles. The molecule has 0 saturated carbocycles. The SMILES string of the molecule is CNc1cc2c(cn1)cc(-c1ccccc1OC)n2C. The lowest BCUT2D eigenvalue weighted by Crippen LogP contribution is -1.95. The summed E-state index contributed by atoms with van der Waals surface area (Å²) in [6.45, 7) is 0. The molecular weight excluding hydrogens is 250 g/mol. The number of aryl methyl sites for hydroxylation is 1. The highest BCUT2D eigenvalue weighted by Gasteiger charge is 2.12. The van der Waals surface area contributed by atoms with Crippen LogP contribution in [0.5, 0.6) is 5.75 Å². The van der Waals surface area contributed by atoms with Crippen LogP contribution >= 0.6 is 0 Å². The van der Waals surface area contributed by atoms with Gasteiger partial charge in [0.25, 0.3) is 0 Å². The number of pyridine rings is 1. The van der Waals surface area contributed by atoms with E-state index in [0.29, 0.717) is 0 Å². The smallest absolute Gasteiger partial charge is 0.128 e. The molecule has 1 N–H and O–H groups in total. The minimum atomic E-state index is 0.866. The van der Waals surface area contributed by atoms with E-state index in [2.05, 4.69) is 34.0 Å². The summed E-state index contributed by atoms with van der Waals surface area (Å²) in [5.41, 5.74) is 3.34. The van der Waals surface area contributed by atoms with Gasteiger partial charge in [-0.25, -0.2) is 4.98 Å². The largest absolute Gasteiger partial charge is 0.496 e. The second kappa shape index (κ2) is 4.89. The molecular formula is C16H17N3O. The number of fused-ring (bicyclic) bond motifs is 1. The average molecular weight is 267 g/mol. The molecule has 0 bridgehead atoms. The highest BCUT2D eigenvalue weighted by Crippen LogP contribution is 2.33. The lowest BCUT2D eigenvalue weighted by molar-refractivity contribution is 0.416. The minimum absolute atomic E-state index is 0.866. The van der Waals surface area contributed by atoms with Gasteiger partial charge in [-0.05, 0) is 18.2 Å². The fraction of sp³-hybridized carbons (Fsp3) is 0.188. The minimum Gasteiger partial charge on any atom is -0.496 e. The lowest BCUT2D eigenvalue weighted by atomic mass is 10.1. The van der Waals surface area contributed by atoms with Gasteiger partial charge in [0.05, 0.1) is 18.3 Å². The van der Waals surface area contributed by atoms with Crippen molar-refractivity contribution in [2.45, 2.75) is 0 Å². The molecule has 0 fully saturated rings. The maximum atomic E-state index is 5.45. The van der Waals surface area contributed by atoms with Crippen LogP contribution in [0.1, 0.15) is 0 Å². The first-order valence-corrected chi connectivity index (χ1v) is 6.51. The van der Waals surface area contributed by atoms with Gasteiger partial charge in [-0.3, -0.25) is 0 Å². The second-order valence-corrected chi connectivity index (χ2v) is 4.67. The van der Waals surface area contributed by atoms with E-state index in [1.54, 1.807) is 7.11 Å². The molecule has 20 heavy (non-hydrogen) atoms. The maximum Gasteiger partial charge on any atom is 0.128 e. The van der Waals surface area contributed by atoms with E-state index in [0.717, 1.165) is 33.7 Å². The average Bonchev–Trinajstić information content (AvgIpc) is 2.83. The molecule has 102 valence electrons. The third-order valence-corrected chi connectivity index (χ3v) is 3.57. The van der Waals surface area contributed by atoms with Crippen molar-refractivity contribution in [1.29, 1.82) is 0 Å². The van der Waals surface area contributed by atoms with Crippen molar-refractivity contribution in [3.05, 3.63) is 42.6 Å². The molecule has 4 heteroatoms. The fourth-order valence-electron chi connectivity index (χ4n) is 2.48. The molecule has 0 saturated heterocycles. The topological polar surface area (TPSA) is 39.1 Å². The summed E-state index contributed by atoms with van der Waals surface area (Å²) in [6, 6.07) is 12.2. The summed E-state index contributed by atoms with van der Waals surface area (Å²) in [5, 5.41) is 4.19. The molecule has 4 nitrogen and oxygen atoms in total. The quantitative estimate of drug-likeness (QED) is 0.791. The first-order chi connectivity index (χ1) is 9.74. The number of nitrogens with zero attached hydrogens (tertiary/aromatic N) is 2. The number of rotatable bonds is 3. The summed E-state index contributed by atoms with van der Waals surface area (Å²) >= 11 is 0. The Morgan fingerprint density at radius 2 is 2.00 bits per heavy atom. The van der Waals surface area contributed by atoms with Crippen LogP contribution in [0.25, 0.3) is 22.2 Å². The van der Waals surface area contributed by atoms with Crippen LogP contribution in [0.4, 0.5) is 5.82 Å². The number of ether oxygens (including phenoxy) is 1. The predicted octanol–water partition coefficient (Wildman–Crippen LogP) is 3.29. The summed E-state index contributed by atoms with van der Waals surface area (Å²) in [5.74, 6) is 1.74. The van der Waals surface area contributed by atoms with E-state index in [9.17, 15) is 0 Å². The molecule has 0 atom stereocenters. The standard InChI is InChI=1S/C16H17N3O/c1-17-16-9-13-11(10-18-16)8-14(19(13)2)12-6-4-5-7-15(12)20-3/h4-10H,1-3H3,(H,17,18). The van der Waals surface area contributed by atoms with Gasteiger partial charge in [0.1, 0.15) is 11.6 Å². The predicted molar refractivity (Wildman–Crippen MR) is 82.2 cm³/mol. The molecule has 3 aromatic rings. The summed E-state index contributed by atoms with van der Waals surface area (Å²) in [6.07, 6.45) is 1.89. The van der Waals surface area contributed by atoms with Gasteiger partial charge in [-0.2, -0.15) is 0 Å². The first-order valence-electron chi connectivity index (χ1n) is 6.51. The van der Waals surface area contributed by atoms with Gasteiger partial charge in [0, 0.05) is 37.3 Å². The Labute approximate surface area is 118 Å². The Balaban J connectivity index is 2.24. The van der Waals surface area contributed by atoms with Crippen molar-refractivity contribution in [3.8, 4) is 17.0 Å². The monoisotopic (exact) mass is 267 g/mol. The zero-order chi connectivity index (χ0) is 14.1. The van der Waals surface area contributed by atoms with Crippen LogP contribution in [0.15, 0.2) is 42.6 Å². The number of benzene rings is 1. The Hall–Kier alpha value is -2.49. The molecule has 0 aliphatic rings. The van der Waals surface area contributed by atoms with E-state index in [-0.39, 0.29) is 0 Å². The Morgan fingerprint density at radius 1 is 1.20 bits per heavy atom. The van der Waals surface area contributed by atoms with Crippen LogP contribution in [0.2, 0.25) is 0 Å². The summed E-state index contributed by atoms with van der Waals surface area (Å²) in [4.78, 5) is 4.36. The third-order valence-electron chi connectivity index (χ3n) is 3.57. The summed E-state index contributed by atoms with van der Waals surface area (Å²) in [7, 11) is 5.63. The number of para-hydroxylation sites is 1. The zero-order valence-corrected chi connectivity index (χ0v) is 11.8. The van der Waals surface area contributed by atoms with Gasteiger partial charge in [-0.1, -0.05) is 12.1 Å². The van der Waals surface area contributed by atoms with E-state index >= 15 is 0 Å². The molecule has 0 radical (unpaired) electrons. The third kappa shape index (κ3) is 1.90. The van der Waals surface area contributed by atoms with Crippen molar-refractivity contribution in [3.63, 3.8) is 0 Å². The van der Waals surface area contributed by atoms with E-state index in [1.165, 1.54) is 0 Å². The van der Waals surface area contributed by atoms with E-state index < -0.39 is 0 Å². The van der Waals surface area contributed by atoms with Crippen LogP contribution in [0.3, 0.4) is 0 Å². The van der Waals surface area contributed by atoms with Crippen LogP contribution in [-0.4, -0.2) is 23.7 Å². The van der Waals surface area contributed by atoms with Crippen LogP contribution < -0.4 is 10.1 Å². The molecule has 2 heterocycles. The van der Waals surface area contributed by atoms with Gasteiger partial charge in [-0.15, -0.1) is 0 Å². The molecule has 0 spiro atoms. The first kappa shape index (κ1) is 12.5. The number of hydrogen-bond acceptors (Lipinski definition) is 3. The number of nitrogens with one attached hydrogen (secondary N) is 1. The Kier molecular flexibility index (Phi) is 3.06. The molecule has 0 amide bonds. The van der Waals surface area contributed by atoms with Crippen molar-refractivity contribution in [2.75, 3.05) is 19.5 Å². The lowest BCUT2D eigenvalue weighted by Gasteiger charge is -2.09. The molecule has 1 aromatic carbocycles. The Morgan fingerprint density at radius 3 is 2.75 bits per heavy atom. The molecule has 0 unspecified atom stereocenters. The van der Waals surface area contributed by atoms with Crippen LogP contribution in [0, 0.1) is 0 Å². The van der Waals surface area contributed by atoms with Gasteiger partial charge < -0.3 is 14.6 Å². The molecule has 0 aliphatic carbocycles. The van der Waals surface area contributed by atoms with Crippen molar-refractivity contribution >= 4 is 16.7 Å². The normalized spacial score (nSPS) is 10.8. The van der Waals surface area contributed by atoms with Crippen LogP contribution in [-0.2, 0) is 7.05 Å². The maximum absolute atomic E-state index is 5.45. The van der Waals surface area contributed by atoms with Crippen molar-refractivity contribution in [1.82, 2.24) is 9.55 Å². The van der Waals surface area contributed by atoms with Gasteiger partial charge >= 0.3 is 0 Å². The zero-order valence-electron chi connectivity index (χ0n) is 11.8. The molecule has 3 rings (SSSR count). The van der Waals surface area contributed by atoms with Gasteiger partial charge in [0.2, 0.25) is 0 Å². The van der Waals surface area contributed by atoms with E-state index in [1.807, 2.05) is 37.5 Å². The highest BCUT2D eigenvalue weighted by atomic mass is 16.5. The van der Waals surface area contributed by atoms with Gasteiger partial charge in [0.15, 0.2) is 0 Å².